The van der Waals surface area contributed by atoms with Crippen molar-refractivity contribution in [2.45, 2.75) is 10.7 Å². The van der Waals surface area contributed by atoms with Gasteiger partial charge in [-0.2, -0.15) is 8.78 Å². The fourth-order valence-corrected chi connectivity index (χ4v) is 3.74. The highest BCUT2D eigenvalue weighted by Crippen LogP contribution is 2.28. The van der Waals surface area contributed by atoms with Gasteiger partial charge >= 0.3 is 5.76 Å². The standard InChI is InChI=1S/C7H5BrClF2NO4S2/c8-5-3-4(12-18(15,16)7(10)11)1-2-6(5)17(9,13)14/h1-3,7,12H. The van der Waals surface area contributed by atoms with Gasteiger partial charge in [0.25, 0.3) is 19.1 Å². The van der Waals surface area contributed by atoms with E-state index in [4.69, 9.17) is 10.7 Å². The Labute approximate surface area is 115 Å². The number of halogens is 4. The van der Waals surface area contributed by atoms with Gasteiger partial charge in [-0.15, -0.1) is 0 Å². The Bertz CT molecular complexity index is 662. The van der Waals surface area contributed by atoms with Gasteiger partial charge in [-0.05, 0) is 34.1 Å². The van der Waals surface area contributed by atoms with Crippen molar-refractivity contribution >= 4 is 51.4 Å². The molecule has 1 N–H and O–H groups in total. The highest BCUT2D eigenvalue weighted by Gasteiger charge is 2.24. The number of hydrogen-bond acceptors (Lipinski definition) is 4. The monoisotopic (exact) mass is 383 g/mol. The molecule has 0 aliphatic carbocycles. The highest BCUT2D eigenvalue weighted by molar-refractivity contribution is 9.10. The Hall–Kier alpha value is -0.450. The topological polar surface area (TPSA) is 80.3 Å². The van der Waals surface area contributed by atoms with Crippen LogP contribution in [0.15, 0.2) is 27.6 Å². The molecule has 0 aromatic heterocycles. The van der Waals surface area contributed by atoms with Crippen LogP contribution in [-0.4, -0.2) is 22.6 Å². The largest absolute Gasteiger partial charge is 0.355 e. The number of alkyl halides is 2. The molecule has 1 aromatic rings. The quantitative estimate of drug-likeness (QED) is 0.808. The summed E-state index contributed by atoms with van der Waals surface area (Å²) < 4.78 is 69.5. The first-order valence-corrected chi connectivity index (χ1v) is 8.73. The van der Waals surface area contributed by atoms with Crippen molar-refractivity contribution < 1.29 is 25.6 Å². The lowest BCUT2D eigenvalue weighted by atomic mass is 10.3. The van der Waals surface area contributed by atoms with E-state index in [9.17, 15) is 25.6 Å². The van der Waals surface area contributed by atoms with E-state index in [0.29, 0.717) is 0 Å². The van der Waals surface area contributed by atoms with Gasteiger partial charge in [0, 0.05) is 20.8 Å². The van der Waals surface area contributed by atoms with Crippen LogP contribution < -0.4 is 4.72 Å². The lowest BCUT2D eigenvalue weighted by Gasteiger charge is -2.08. The predicted octanol–water partition coefficient (Wildman–Crippen LogP) is 2.34. The second-order valence-corrected chi connectivity index (χ2v) is 8.03. The van der Waals surface area contributed by atoms with Crippen LogP contribution in [-0.2, 0) is 19.1 Å². The van der Waals surface area contributed by atoms with Gasteiger partial charge in [0.05, 0.1) is 4.90 Å². The molecule has 0 aliphatic rings. The second kappa shape index (κ2) is 5.27. The zero-order valence-electron chi connectivity index (χ0n) is 8.27. The minimum atomic E-state index is -4.80. The van der Waals surface area contributed by atoms with Crippen LogP contribution in [0, 0.1) is 0 Å². The third kappa shape index (κ3) is 3.77. The van der Waals surface area contributed by atoms with E-state index < -0.39 is 24.8 Å². The number of anilines is 1. The van der Waals surface area contributed by atoms with Crippen LogP contribution in [0.2, 0.25) is 0 Å². The van der Waals surface area contributed by atoms with E-state index in [0.717, 1.165) is 18.2 Å². The maximum atomic E-state index is 12.1. The molecule has 0 fully saturated rings. The van der Waals surface area contributed by atoms with Gasteiger partial charge < -0.3 is 0 Å². The molecule has 1 aromatic carbocycles. The molecule has 102 valence electrons. The zero-order chi connectivity index (χ0) is 14.1. The molecule has 0 amide bonds. The van der Waals surface area contributed by atoms with Crippen molar-refractivity contribution in [1.29, 1.82) is 0 Å². The molecule has 0 atom stereocenters. The van der Waals surface area contributed by atoms with E-state index in [1.165, 1.54) is 0 Å². The van der Waals surface area contributed by atoms with Crippen LogP contribution in [0.3, 0.4) is 0 Å². The first-order valence-electron chi connectivity index (χ1n) is 4.08. The van der Waals surface area contributed by atoms with Crippen molar-refractivity contribution in [3.63, 3.8) is 0 Å². The fraction of sp³-hybridized carbons (Fsp3) is 0.143. The molecule has 0 aliphatic heterocycles. The van der Waals surface area contributed by atoms with Crippen LogP contribution >= 0.6 is 26.6 Å². The van der Waals surface area contributed by atoms with Gasteiger partial charge in [0.1, 0.15) is 0 Å². The van der Waals surface area contributed by atoms with Crippen LogP contribution in [0.25, 0.3) is 0 Å². The highest BCUT2D eigenvalue weighted by atomic mass is 79.9. The molecule has 0 saturated carbocycles. The van der Waals surface area contributed by atoms with Crippen molar-refractivity contribution in [3.05, 3.63) is 22.7 Å². The minimum Gasteiger partial charge on any atom is -0.279 e. The molecule has 0 radical (unpaired) electrons. The Balaban J connectivity index is 3.15. The van der Waals surface area contributed by atoms with Gasteiger partial charge in [0.15, 0.2) is 0 Å². The SMILES string of the molecule is O=S(=O)(Cl)c1ccc(NS(=O)(=O)C(F)F)cc1Br. The van der Waals surface area contributed by atoms with Crippen molar-refractivity contribution in [3.8, 4) is 0 Å². The first kappa shape index (κ1) is 15.6. The van der Waals surface area contributed by atoms with Crippen molar-refractivity contribution in [2.24, 2.45) is 0 Å². The average molecular weight is 385 g/mol. The fourth-order valence-electron chi connectivity index (χ4n) is 0.971. The smallest absolute Gasteiger partial charge is 0.279 e. The summed E-state index contributed by atoms with van der Waals surface area (Å²) in [5.41, 5.74) is -0.216. The van der Waals surface area contributed by atoms with Gasteiger partial charge in [-0.1, -0.05) is 0 Å². The maximum Gasteiger partial charge on any atom is 0.355 e. The summed E-state index contributed by atoms with van der Waals surface area (Å²) in [4.78, 5) is -0.302. The maximum absolute atomic E-state index is 12.1. The Morgan fingerprint density at radius 1 is 1.22 bits per heavy atom. The lowest BCUT2D eigenvalue weighted by Crippen LogP contribution is -2.20. The molecule has 0 unspecified atom stereocenters. The lowest BCUT2D eigenvalue weighted by molar-refractivity contribution is 0.236. The van der Waals surface area contributed by atoms with Gasteiger partial charge in [-0.25, -0.2) is 16.8 Å². The number of sulfonamides is 1. The molecule has 0 spiro atoms. The van der Waals surface area contributed by atoms with E-state index in [2.05, 4.69) is 15.9 Å². The third-order valence-electron chi connectivity index (χ3n) is 1.69. The second-order valence-electron chi connectivity index (χ2n) is 2.99. The molecule has 11 heteroatoms. The van der Waals surface area contributed by atoms with E-state index in [-0.39, 0.29) is 15.1 Å². The van der Waals surface area contributed by atoms with Crippen molar-refractivity contribution in [2.75, 3.05) is 4.72 Å². The summed E-state index contributed by atoms with van der Waals surface area (Å²) in [6.07, 6.45) is 0. The first-order chi connectivity index (χ1) is 8.04. The Morgan fingerprint density at radius 3 is 2.17 bits per heavy atom. The molecular weight excluding hydrogens is 380 g/mol. The summed E-state index contributed by atoms with van der Waals surface area (Å²) >= 11 is 2.84. The van der Waals surface area contributed by atoms with Crippen LogP contribution in [0.1, 0.15) is 0 Å². The average Bonchev–Trinajstić information content (AvgIpc) is 2.14. The van der Waals surface area contributed by atoms with Crippen molar-refractivity contribution in [1.82, 2.24) is 0 Å². The Morgan fingerprint density at radius 2 is 1.78 bits per heavy atom. The summed E-state index contributed by atoms with van der Waals surface area (Å²) in [6, 6.07) is 2.99. The molecule has 18 heavy (non-hydrogen) atoms. The summed E-state index contributed by atoms with van der Waals surface area (Å²) in [7, 11) is -3.73. The molecule has 0 saturated heterocycles. The number of benzene rings is 1. The minimum absolute atomic E-state index is 0.0491. The summed E-state index contributed by atoms with van der Waals surface area (Å²) in [6.45, 7) is 0. The van der Waals surface area contributed by atoms with E-state index in [1.807, 2.05) is 0 Å². The van der Waals surface area contributed by atoms with E-state index in [1.54, 1.807) is 4.72 Å². The molecule has 5 nitrogen and oxygen atoms in total. The van der Waals surface area contributed by atoms with Crippen LogP contribution in [0.5, 0.6) is 0 Å². The summed E-state index contributed by atoms with van der Waals surface area (Å²) in [5.74, 6) is -3.59. The number of rotatable bonds is 4. The molecule has 0 heterocycles. The normalized spacial score (nSPS) is 12.7. The van der Waals surface area contributed by atoms with E-state index >= 15 is 0 Å². The molecule has 1 rings (SSSR count). The zero-order valence-corrected chi connectivity index (χ0v) is 12.2. The summed E-state index contributed by atoms with van der Waals surface area (Å²) in [5, 5.41) is 0. The number of nitrogens with one attached hydrogen (secondary N) is 1. The van der Waals surface area contributed by atoms with Gasteiger partial charge in [0.2, 0.25) is 0 Å². The molecular formula is C7H5BrClF2NO4S2. The Kier molecular flexibility index (Phi) is 4.57. The van der Waals surface area contributed by atoms with Crippen LogP contribution in [0.4, 0.5) is 14.5 Å². The molecule has 0 bridgehead atoms. The number of hydrogen-bond donors (Lipinski definition) is 1. The predicted molar refractivity (Wildman–Crippen MR) is 65.7 cm³/mol. The van der Waals surface area contributed by atoms with Gasteiger partial charge in [-0.3, -0.25) is 4.72 Å². The third-order valence-corrected chi connectivity index (χ3v) is 4.98.